The van der Waals surface area contributed by atoms with Crippen LogP contribution in [0.25, 0.3) is 10.2 Å². The first kappa shape index (κ1) is 17.1. The molecule has 3 unspecified atom stereocenters. The van der Waals surface area contributed by atoms with Gasteiger partial charge in [0.05, 0.1) is 29.4 Å². The monoisotopic (exact) mass is 374 g/mol. The van der Waals surface area contributed by atoms with Crippen LogP contribution in [0, 0.1) is 5.92 Å². The number of hydrazine groups is 1. The summed E-state index contributed by atoms with van der Waals surface area (Å²) in [6.07, 6.45) is -0.323. The van der Waals surface area contributed by atoms with E-state index in [1.54, 1.807) is 6.92 Å². The van der Waals surface area contributed by atoms with Crippen molar-refractivity contribution >= 4 is 44.3 Å². The van der Waals surface area contributed by atoms with Crippen molar-refractivity contribution in [2.45, 2.75) is 32.0 Å². The number of benzene rings is 1. The highest BCUT2D eigenvalue weighted by molar-refractivity contribution is 7.22. The summed E-state index contributed by atoms with van der Waals surface area (Å²) in [6, 6.07) is 7.26. The van der Waals surface area contributed by atoms with Gasteiger partial charge in [-0.1, -0.05) is 23.5 Å². The predicted octanol–water partition coefficient (Wildman–Crippen LogP) is 0.974. The molecule has 0 aliphatic carbocycles. The van der Waals surface area contributed by atoms with E-state index in [2.05, 4.69) is 15.7 Å². The van der Waals surface area contributed by atoms with Crippen LogP contribution in [0.3, 0.4) is 0 Å². The van der Waals surface area contributed by atoms with Crippen molar-refractivity contribution in [3.05, 3.63) is 24.3 Å². The van der Waals surface area contributed by atoms with Crippen molar-refractivity contribution < 1.29 is 19.1 Å². The molecule has 1 amide bonds. The van der Waals surface area contributed by atoms with Crippen LogP contribution in [-0.4, -0.2) is 41.5 Å². The number of rotatable bonds is 4. The van der Waals surface area contributed by atoms with E-state index in [-0.39, 0.29) is 36.5 Å². The van der Waals surface area contributed by atoms with Gasteiger partial charge in [0.25, 0.3) is 5.91 Å². The highest BCUT2D eigenvalue weighted by atomic mass is 32.1. The number of hydrogen-bond acceptors (Lipinski definition) is 8. The van der Waals surface area contributed by atoms with Crippen LogP contribution in [0.2, 0.25) is 0 Å². The van der Waals surface area contributed by atoms with Crippen molar-refractivity contribution in [3.63, 3.8) is 0 Å². The molecule has 2 aliphatic heterocycles. The normalized spacial score (nSPS) is 25.6. The topological polar surface area (TPSA) is 101 Å². The van der Waals surface area contributed by atoms with Gasteiger partial charge in [0, 0.05) is 12.5 Å². The highest BCUT2D eigenvalue weighted by Crippen LogP contribution is 2.33. The molecule has 0 saturated carbocycles. The van der Waals surface area contributed by atoms with E-state index in [9.17, 15) is 14.4 Å². The third kappa shape index (κ3) is 2.98. The lowest BCUT2D eigenvalue weighted by Crippen LogP contribution is -2.56. The first-order valence-corrected chi connectivity index (χ1v) is 9.28. The number of nitrogens with zero attached hydrogens (tertiary/aromatic N) is 2. The zero-order chi connectivity index (χ0) is 18.3. The van der Waals surface area contributed by atoms with Crippen LogP contribution in [0.5, 0.6) is 0 Å². The molecule has 8 nitrogen and oxygen atoms in total. The summed E-state index contributed by atoms with van der Waals surface area (Å²) in [5.41, 5.74) is 3.84. The summed E-state index contributed by atoms with van der Waals surface area (Å²) < 4.78 is 5.90. The molecule has 3 atom stereocenters. The van der Waals surface area contributed by atoms with Gasteiger partial charge in [-0.05, 0) is 19.1 Å². The van der Waals surface area contributed by atoms with Crippen LogP contribution >= 0.6 is 11.3 Å². The average molecular weight is 374 g/mol. The number of amides is 1. The Balaban J connectivity index is 1.53. The van der Waals surface area contributed by atoms with Crippen LogP contribution in [-0.2, 0) is 19.1 Å². The second-order valence-electron chi connectivity index (χ2n) is 6.27. The predicted molar refractivity (Wildman–Crippen MR) is 95.3 cm³/mol. The van der Waals surface area contributed by atoms with E-state index < -0.39 is 12.1 Å². The van der Waals surface area contributed by atoms with E-state index >= 15 is 0 Å². The minimum atomic E-state index is -0.805. The summed E-state index contributed by atoms with van der Waals surface area (Å²) in [7, 11) is 0. The molecule has 9 heteroatoms. The molecule has 2 aliphatic rings. The number of carbonyl (C=O) groups is 3. The Morgan fingerprint density at radius 3 is 2.96 bits per heavy atom. The first-order chi connectivity index (χ1) is 12.6. The number of carbonyl (C=O) groups excluding carboxylic acids is 3. The van der Waals surface area contributed by atoms with Crippen molar-refractivity contribution in [3.8, 4) is 0 Å². The minimum Gasteiger partial charge on any atom is -0.466 e. The van der Waals surface area contributed by atoms with E-state index in [4.69, 9.17) is 4.74 Å². The number of piperidine rings is 1. The summed E-state index contributed by atoms with van der Waals surface area (Å²) in [5.74, 6) is -1.66. The third-order valence-corrected chi connectivity index (χ3v) is 5.51. The minimum absolute atomic E-state index is 0.0970. The Labute approximate surface area is 153 Å². The molecule has 26 heavy (non-hydrogen) atoms. The standard InChI is InChI=1S/C17H18N4O4S/c1-2-25-13(23)8-9-7-11(22)14-15(18-9)20-21(16(14)24)17-19-10-5-3-4-6-12(10)26-17/h3-6,9,14-15,18,20H,2,7-8H2,1H3. The van der Waals surface area contributed by atoms with E-state index in [0.29, 0.717) is 11.7 Å². The summed E-state index contributed by atoms with van der Waals surface area (Å²) in [4.78, 5) is 41.4. The van der Waals surface area contributed by atoms with E-state index in [0.717, 1.165) is 10.2 Å². The maximum absolute atomic E-state index is 12.7. The molecule has 1 aromatic heterocycles. The maximum Gasteiger partial charge on any atom is 0.307 e. The third-order valence-electron chi connectivity index (χ3n) is 4.49. The average Bonchev–Trinajstić information content (AvgIpc) is 3.16. The second-order valence-corrected chi connectivity index (χ2v) is 7.27. The fourth-order valence-corrected chi connectivity index (χ4v) is 4.30. The van der Waals surface area contributed by atoms with Gasteiger partial charge in [0.1, 0.15) is 11.7 Å². The van der Waals surface area contributed by atoms with Gasteiger partial charge < -0.3 is 4.74 Å². The molecule has 0 spiro atoms. The van der Waals surface area contributed by atoms with Gasteiger partial charge in [-0.25, -0.2) is 15.4 Å². The van der Waals surface area contributed by atoms with E-state index in [1.807, 2.05) is 24.3 Å². The van der Waals surface area contributed by atoms with Crippen LogP contribution < -0.4 is 15.8 Å². The fraction of sp³-hybridized carbons (Fsp3) is 0.412. The van der Waals surface area contributed by atoms with Crippen molar-refractivity contribution in [1.29, 1.82) is 0 Å². The Hall–Kier alpha value is -2.36. The molecule has 1 aromatic carbocycles. The molecule has 2 fully saturated rings. The number of ether oxygens (including phenoxy) is 1. The van der Waals surface area contributed by atoms with Crippen molar-refractivity contribution in [2.24, 2.45) is 5.92 Å². The van der Waals surface area contributed by atoms with Gasteiger partial charge in [0.2, 0.25) is 5.13 Å². The Morgan fingerprint density at radius 2 is 2.19 bits per heavy atom. The zero-order valence-corrected chi connectivity index (χ0v) is 14.9. The van der Waals surface area contributed by atoms with Gasteiger partial charge in [0.15, 0.2) is 0 Å². The number of hydrogen-bond donors (Lipinski definition) is 2. The Kier molecular flexibility index (Phi) is 4.43. The first-order valence-electron chi connectivity index (χ1n) is 8.47. The van der Waals surface area contributed by atoms with Crippen LogP contribution in [0.1, 0.15) is 19.8 Å². The number of aromatic nitrogens is 1. The number of thiazole rings is 1. The summed E-state index contributed by atoms with van der Waals surface area (Å²) >= 11 is 1.38. The van der Waals surface area contributed by atoms with Crippen LogP contribution in [0.15, 0.2) is 24.3 Å². The largest absolute Gasteiger partial charge is 0.466 e. The quantitative estimate of drug-likeness (QED) is 0.608. The number of anilines is 1. The summed E-state index contributed by atoms with van der Waals surface area (Å²) in [6.45, 7) is 2.04. The zero-order valence-electron chi connectivity index (χ0n) is 14.1. The molecule has 4 rings (SSSR count). The van der Waals surface area contributed by atoms with Gasteiger partial charge in [-0.3, -0.25) is 19.7 Å². The number of fused-ring (bicyclic) bond motifs is 2. The lowest BCUT2D eigenvalue weighted by molar-refractivity contribution is -0.144. The maximum atomic E-state index is 12.7. The number of Topliss-reactive ketones (excluding diaryl/α,β-unsaturated/α-hetero) is 1. The number of ketones is 1. The molecule has 136 valence electrons. The molecular formula is C17H18N4O4S. The molecule has 0 radical (unpaired) electrons. The smallest absolute Gasteiger partial charge is 0.307 e. The molecule has 2 aromatic rings. The van der Waals surface area contributed by atoms with Crippen molar-refractivity contribution in [1.82, 2.24) is 15.7 Å². The van der Waals surface area contributed by atoms with Gasteiger partial charge in [-0.2, -0.15) is 0 Å². The highest BCUT2D eigenvalue weighted by Gasteiger charge is 2.50. The fourth-order valence-electron chi connectivity index (χ4n) is 3.36. The Morgan fingerprint density at radius 1 is 1.38 bits per heavy atom. The lowest BCUT2D eigenvalue weighted by atomic mass is 9.89. The van der Waals surface area contributed by atoms with Crippen LogP contribution in [0.4, 0.5) is 5.13 Å². The Bertz CT molecular complexity index is 850. The number of esters is 1. The van der Waals surface area contributed by atoms with Gasteiger partial charge >= 0.3 is 5.97 Å². The molecule has 2 N–H and O–H groups in total. The van der Waals surface area contributed by atoms with Crippen molar-refractivity contribution in [2.75, 3.05) is 11.6 Å². The lowest BCUT2D eigenvalue weighted by Gasteiger charge is -2.29. The number of para-hydroxylation sites is 1. The summed E-state index contributed by atoms with van der Waals surface area (Å²) in [5, 5.41) is 5.03. The van der Waals surface area contributed by atoms with Gasteiger partial charge in [-0.15, -0.1) is 0 Å². The molecule has 3 heterocycles. The molecule has 2 saturated heterocycles. The molecule has 0 bridgehead atoms. The number of nitrogens with one attached hydrogen (secondary N) is 2. The van der Waals surface area contributed by atoms with E-state index in [1.165, 1.54) is 16.3 Å². The second kappa shape index (κ2) is 6.75. The molecular weight excluding hydrogens is 356 g/mol. The SMILES string of the molecule is CCOC(=O)CC1CC(=O)C2C(=O)N(c3nc4ccccc4s3)NC2N1.